The van der Waals surface area contributed by atoms with Gasteiger partial charge in [0.1, 0.15) is 5.75 Å². The lowest BCUT2D eigenvalue weighted by atomic mass is 9.91. The van der Waals surface area contributed by atoms with Crippen LogP contribution >= 0.6 is 15.9 Å². The topological polar surface area (TPSA) is 38.5 Å². The Bertz CT molecular complexity index is 528. The molecule has 3 rings (SSSR count). The molecule has 0 radical (unpaired) electrons. The SMILES string of the molecule is COc1c(Br)cc(C2CC(CN)CN2C)cc1C1CCCC1. The minimum Gasteiger partial charge on any atom is -0.495 e. The van der Waals surface area contributed by atoms with Crippen molar-refractivity contribution in [1.29, 1.82) is 0 Å². The van der Waals surface area contributed by atoms with Crippen LogP contribution in [0, 0.1) is 5.92 Å². The lowest BCUT2D eigenvalue weighted by molar-refractivity contribution is 0.313. The molecule has 2 atom stereocenters. The molecule has 2 fully saturated rings. The van der Waals surface area contributed by atoms with Crippen molar-refractivity contribution in [2.24, 2.45) is 11.7 Å². The predicted octanol–water partition coefficient (Wildman–Crippen LogP) is 4.07. The number of likely N-dealkylation sites (tertiary alicyclic amines) is 1. The summed E-state index contributed by atoms with van der Waals surface area (Å²) in [6.45, 7) is 1.89. The molecular weight excluding hydrogens is 340 g/mol. The molecule has 0 amide bonds. The van der Waals surface area contributed by atoms with Gasteiger partial charge in [0.2, 0.25) is 0 Å². The highest BCUT2D eigenvalue weighted by molar-refractivity contribution is 9.10. The van der Waals surface area contributed by atoms with E-state index in [-0.39, 0.29) is 0 Å². The zero-order chi connectivity index (χ0) is 15.7. The standard InChI is InChI=1S/C18H27BrN2O/c1-21-11-12(10-20)7-17(21)14-8-15(13-5-3-4-6-13)18(22-2)16(19)9-14/h8-9,12-13,17H,3-7,10-11,20H2,1-2H3. The van der Waals surface area contributed by atoms with Gasteiger partial charge in [-0.15, -0.1) is 0 Å². The second-order valence-electron chi connectivity index (χ2n) is 6.90. The Morgan fingerprint density at radius 2 is 2.05 bits per heavy atom. The summed E-state index contributed by atoms with van der Waals surface area (Å²) in [6.07, 6.45) is 6.43. The van der Waals surface area contributed by atoms with E-state index < -0.39 is 0 Å². The number of methoxy groups -OCH3 is 1. The number of hydrogen-bond acceptors (Lipinski definition) is 3. The van der Waals surface area contributed by atoms with Gasteiger partial charge in [-0.2, -0.15) is 0 Å². The van der Waals surface area contributed by atoms with E-state index >= 15 is 0 Å². The van der Waals surface area contributed by atoms with E-state index in [9.17, 15) is 0 Å². The first-order valence-electron chi connectivity index (χ1n) is 8.41. The van der Waals surface area contributed by atoms with Gasteiger partial charge in [0.15, 0.2) is 0 Å². The minimum atomic E-state index is 0.482. The Hall–Kier alpha value is -0.580. The van der Waals surface area contributed by atoms with Crippen LogP contribution in [0.25, 0.3) is 0 Å². The molecule has 1 aliphatic carbocycles. The van der Waals surface area contributed by atoms with E-state index in [1.54, 1.807) is 7.11 Å². The van der Waals surface area contributed by atoms with Crippen LogP contribution in [0.3, 0.4) is 0 Å². The van der Waals surface area contributed by atoms with Gasteiger partial charge >= 0.3 is 0 Å². The fourth-order valence-electron chi connectivity index (χ4n) is 4.25. The zero-order valence-electron chi connectivity index (χ0n) is 13.6. The summed E-state index contributed by atoms with van der Waals surface area (Å²) in [5, 5.41) is 0. The molecule has 1 saturated heterocycles. The van der Waals surface area contributed by atoms with Crippen LogP contribution in [0.15, 0.2) is 16.6 Å². The fourth-order valence-corrected chi connectivity index (χ4v) is 4.91. The molecule has 3 nitrogen and oxygen atoms in total. The summed E-state index contributed by atoms with van der Waals surface area (Å²) < 4.78 is 6.79. The van der Waals surface area contributed by atoms with Crippen molar-refractivity contribution in [3.05, 3.63) is 27.7 Å². The molecule has 2 unspecified atom stereocenters. The van der Waals surface area contributed by atoms with E-state index in [1.807, 2.05) is 0 Å². The second-order valence-corrected chi connectivity index (χ2v) is 7.75. The molecule has 0 spiro atoms. The second kappa shape index (κ2) is 6.90. The summed E-state index contributed by atoms with van der Waals surface area (Å²) in [6, 6.07) is 5.13. The third-order valence-corrected chi connectivity index (χ3v) is 6.04. The van der Waals surface area contributed by atoms with E-state index in [2.05, 4.69) is 40.0 Å². The van der Waals surface area contributed by atoms with Gasteiger partial charge in [-0.05, 0) is 77.8 Å². The number of rotatable bonds is 4. The summed E-state index contributed by atoms with van der Waals surface area (Å²) in [4.78, 5) is 2.45. The maximum Gasteiger partial charge on any atom is 0.136 e. The van der Waals surface area contributed by atoms with Crippen LogP contribution in [-0.2, 0) is 0 Å². The third-order valence-electron chi connectivity index (χ3n) is 5.45. The zero-order valence-corrected chi connectivity index (χ0v) is 15.2. The number of hydrogen-bond donors (Lipinski definition) is 1. The highest BCUT2D eigenvalue weighted by Gasteiger charge is 2.31. The molecule has 1 aromatic rings. The number of nitrogens with two attached hydrogens (primary N) is 1. The molecular formula is C18H27BrN2O. The van der Waals surface area contributed by atoms with E-state index in [0.717, 1.165) is 29.7 Å². The molecule has 2 N–H and O–H groups in total. The highest BCUT2D eigenvalue weighted by Crippen LogP contribution is 2.45. The average Bonchev–Trinajstić information content (AvgIpc) is 3.15. The molecule has 1 aliphatic heterocycles. The van der Waals surface area contributed by atoms with Crippen LogP contribution in [0.5, 0.6) is 5.75 Å². The van der Waals surface area contributed by atoms with Crippen LogP contribution < -0.4 is 10.5 Å². The molecule has 2 aliphatic rings. The molecule has 1 heterocycles. The number of benzene rings is 1. The molecule has 0 bridgehead atoms. The summed E-state index contributed by atoms with van der Waals surface area (Å²) in [7, 11) is 4.00. The van der Waals surface area contributed by atoms with Crippen molar-refractivity contribution in [3.63, 3.8) is 0 Å². The van der Waals surface area contributed by atoms with Crippen LogP contribution in [-0.4, -0.2) is 32.1 Å². The highest BCUT2D eigenvalue weighted by atomic mass is 79.9. The summed E-state index contributed by atoms with van der Waals surface area (Å²) >= 11 is 3.74. The van der Waals surface area contributed by atoms with Crippen LogP contribution in [0.2, 0.25) is 0 Å². The Labute approximate surface area is 142 Å². The van der Waals surface area contributed by atoms with Crippen molar-refractivity contribution in [2.75, 3.05) is 27.2 Å². The molecule has 0 aromatic heterocycles. The fraction of sp³-hybridized carbons (Fsp3) is 0.667. The van der Waals surface area contributed by atoms with Crippen LogP contribution in [0.4, 0.5) is 0 Å². The Morgan fingerprint density at radius 1 is 1.32 bits per heavy atom. The van der Waals surface area contributed by atoms with Crippen molar-refractivity contribution in [2.45, 2.75) is 44.1 Å². The van der Waals surface area contributed by atoms with E-state index in [4.69, 9.17) is 10.5 Å². The quantitative estimate of drug-likeness (QED) is 0.872. The summed E-state index contributed by atoms with van der Waals surface area (Å²) in [5.74, 6) is 2.31. The number of ether oxygens (including phenoxy) is 1. The Kier molecular flexibility index (Phi) is 5.10. The first kappa shape index (κ1) is 16.3. The third kappa shape index (κ3) is 3.06. The first-order valence-corrected chi connectivity index (χ1v) is 9.21. The van der Waals surface area contributed by atoms with Gasteiger partial charge in [-0.1, -0.05) is 18.9 Å². The van der Waals surface area contributed by atoms with Crippen molar-refractivity contribution in [3.8, 4) is 5.75 Å². The van der Waals surface area contributed by atoms with E-state index in [1.165, 1.54) is 36.8 Å². The molecule has 1 saturated carbocycles. The lowest BCUT2D eigenvalue weighted by Gasteiger charge is -2.23. The minimum absolute atomic E-state index is 0.482. The van der Waals surface area contributed by atoms with Gasteiger partial charge in [-0.25, -0.2) is 0 Å². The van der Waals surface area contributed by atoms with Crippen molar-refractivity contribution >= 4 is 15.9 Å². The maximum absolute atomic E-state index is 5.89. The van der Waals surface area contributed by atoms with Gasteiger partial charge in [-0.3, -0.25) is 4.90 Å². The largest absolute Gasteiger partial charge is 0.495 e. The van der Waals surface area contributed by atoms with Crippen molar-refractivity contribution < 1.29 is 4.74 Å². The van der Waals surface area contributed by atoms with Gasteiger partial charge < -0.3 is 10.5 Å². The maximum atomic E-state index is 5.89. The Balaban J connectivity index is 1.95. The first-order chi connectivity index (χ1) is 10.6. The van der Waals surface area contributed by atoms with Gasteiger partial charge in [0, 0.05) is 12.6 Å². The van der Waals surface area contributed by atoms with E-state index in [0.29, 0.717) is 17.9 Å². The Morgan fingerprint density at radius 3 is 2.64 bits per heavy atom. The number of halogens is 1. The van der Waals surface area contributed by atoms with Crippen LogP contribution in [0.1, 0.15) is 55.2 Å². The molecule has 122 valence electrons. The predicted molar refractivity (Wildman–Crippen MR) is 94.4 cm³/mol. The number of nitrogens with zero attached hydrogens (tertiary/aromatic N) is 1. The summed E-state index contributed by atoms with van der Waals surface area (Å²) in [5.41, 5.74) is 8.69. The average molecular weight is 367 g/mol. The molecule has 1 aromatic carbocycles. The molecule has 4 heteroatoms. The normalized spacial score (nSPS) is 26.7. The molecule has 22 heavy (non-hydrogen) atoms. The lowest BCUT2D eigenvalue weighted by Crippen LogP contribution is -2.20. The van der Waals surface area contributed by atoms with Gasteiger partial charge in [0.05, 0.1) is 11.6 Å². The monoisotopic (exact) mass is 366 g/mol. The van der Waals surface area contributed by atoms with Crippen molar-refractivity contribution in [1.82, 2.24) is 4.90 Å². The smallest absolute Gasteiger partial charge is 0.136 e. The van der Waals surface area contributed by atoms with Gasteiger partial charge in [0.25, 0.3) is 0 Å².